The summed E-state index contributed by atoms with van der Waals surface area (Å²) < 4.78 is 4.83. The zero-order chi connectivity index (χ0) is 20.3. The summed E-state index contributed by atoms with van der Waals surface area (Å²) >= 11 is 0. The summed E-state index contributed by atoms with van der Waals surface area (Å²) in [4.78, 5) is 11.2. The molecule has 1 aromatic carbocycles. The molecule has 0 radical (unpaired) electrons. The number of benzene rings is 1. The Hall–Kier alpha value is -2.03. The van der Waals surface area contributed by atoms with Gasteiger partial charge >= 0.3 is 5.97 Å². The molecule has 0 saturated carbocycles. The predicted molar refractivity (Wildman–Crippen MR) is 122 cm³/mol. The van der Waals surface area contributed by atoms with Gasteiger partial charge in [0.05, 0.1) is 6.61 Å². The molecule has 0 amide bonds. The Bertz CT molecular complexity index is 560. The van der Waals surface area contributed by atoms with Gasteiger partial charge < -0.3 is 10.1 Å². The third-order valence-corrected chi connectivity index (χ3v) is 4.69. The minimum absolute atomic E-state index is 0.307. The van der Waals surface area contributed by atoms with E-state index in [4.69, 9.17) is 4.74 Å². The van der Waals surface area contributed by atoms with Crippen molar-refractivity contribution in [2.75, 3.05) is 18.5 Å². The van der Waals surface area contributed by atoms with E-state index in [1.54, 1.807) is 13.0 Å². The molecular formula is C25H39NO2. The number of anilines is 1. The van der Waals surface area contributed by atoms with Crippen LogP contribution < -0.4 is 5.32 Å². The van der Waals surface area contributed by atoms with E-state index in [1.807, 2.05) is 12.2 Å². The highest BCUT2D eigenvalue weighted by atomic mass is 16.5. The van der Waals surface area contributed by atoms with Crippen LogP contribution >= 0.6 is 0 Å². The van der Waals surface area contributed by atoms with Crippen LogP contribution in [0.15, 0.2) is 42.5 Å². The van der Waals surface area contributed by atoms with Crippen LogP contribution in [0.4, 0.5) is 5.69 Å². The van der Waals surface area contributed by atoms with E-state index in [0.29, 0.717) is 6.61 Å². The molecule has 0 aliphatic rings. The van der Waals surface area contributed by atoms with Crippen LogP contribution in [0.3, 0.4) is 0 Å². The van der Waals surface area contributed by atoms with Gasteiger partial charge in [0.25, 0.3) is 0 Å². The molecule has 156 valence electrons. The minimum atomic E-state index is -0.307. The molecule has 0 unspecified atom stereocenters. The number of rotatable bonds is 16. The van der Waals surface area contributed by atoms with Gasteiger partial charge in [0, 0.05) is 18.3 Å². The van der Waals surface area contributed by atoms with E-state index in [0.717, 1.165) is 17.8 Å². The van der Waals surface area contributed by atoms with E-state index in [1.165, 1.54) is 70.3 Å². The Morgan fingerprint density at radius 3 is 2.07 bits per heavy atom. The van der Waals surface area contributed by atoms with Crippen molar-refractivity contribution in [2.45, 2.75) is 78.1 Å². The number of allylic oxidation sites excluding steroid dienone is 2. The van der Waals surface area contributed by atoms with Gasteiger partial charge in [-0.15, -0.1) is 0 Å². The monoisotopic (exact) mass is 385 g/mol. The molecule has 1 aromatic rings. The van der Waals surface area contributed by atoms with Crippen LogP contribution in [-0.4, -0.2) is 19.1 Å². The van der Waals surface area contributed by atoms with Crippen molar-refractivity contribution < 1.29 is 9.53 Å². The SMILES string of the molecule is CCCCCCCCCCCCNc1ccc(/C=C/C=C/C(=O)OCC)cc1. The maximum Gasteiger partial charge on any atom is 0.330 e. The second-order valence-corrected chi connectivity index (χ2v) is 7.20. The largest absolute Gasteiger partial charge is 0.463 e. The summed E-state index contributed by atoms with van der Waals surface area (Å²) in [5, 5.41) is 3.49. The fourth-order valence-corrected chi connectivity index (χ4v) is 3.05. The van der Waals surface area contributed by atoms with Crippen LogP contribution in [0.25, 0.3) is 6.08 Å². The first-order chi connectivity index (χ1) is 13.8. The molecule has 0 bridgehead atoms. The van der Waals surface area contributed by atoms with Crippen molar-refractivity contribution in [3.05, 3.63) is 48.1 Å². The Labute approximate surface area is 172 Å². The van der Waals surface area contributed by atoms with Crippen LogP contribution in [-0.2, 0) is 9.53 Å². The van der Waals surface area contributed by atoms with Crippen LogP contribution in [0, 0.1) is 0 Å². The number of hydrogen-bond acceptors (Lipinski definition) is 3. The molecule has 0 saturated heterocycles. The Morgan fingerprint density at radius 1 is 0.857 bits per heavy atom. The van der Waals surface area contributed by atoms with E-state index in [9.17, 15) is 4.79 Å². The molecule has 0 heterocycles. The van der Waals surface area contributed by atoms with E-state index >= 15 is 0 Å². The third kappa shape index (κ3) is 13.2. The van der Waals surface area contributed by atoms with E-state index in [2.05, 4.69) is 36.5 Å². The molecule has 1 N–H and O–H groups in total. The molecule has 0 atom stereocenters. The molecular weight excluding hydrogens is 346 g/mol. The maximum atomic E-state index is 11.2. The lowest BCUT2D eigenvalue weighted by atomic mass is 10.1. The number of nitrogens with one attached hydrogen (secondary N) is 1. The topological polar surface area (TPSA) is 38.3 Å². The number of ether oxygens (including phenoxy) is 1. The average Bonchev–Trinajstić information content (AvgIpc) is 2.70. The number of hydrogen-bond donors (Lipinski definition) is 1. The number of esters is 1. The molecule has 0 fully saturated rings. The van der Waals surface area contributed by atoms with Crippen molar-refractivity contribution in [3.63, 3.8) is 0 Å². The fraction of sp³-hybridized carbons (Fsp3) is 0.560. The lowest BCUT2D eigenvalue weighted by Gasteiger charge is -2.07. The molecule has 0 aliphatic carbocycles. The third-order valence-electron chi connectivity index (χ3n) is 4.69. The van der Waals surface area contributed by atoms with E-state index < -0.39 is 0 Å². The molecule has 3 heteroatoms. The average molecular weight is 386 g/mol. The lowest BCUT2D eigenvalue weighted by Crippen LogP contribution is -2.01. The van der Waals surface area contributed by atoms with Gasteiger partial charge in [0.1, 0.15) is 0 Å². The summed E-state index contributed by atoms with van der Waals surface area (Å²) in [6.45, 7) is 5.51. The summed E-state index contributed by atoms with van der Waals surface area (Å²) in [7, 11) is 0. The number of unbranched alkanes of at least 4 members (excludes halogenated alkanes) is 9. The van der Waals surface area contributed by atoms with E-state index in [-0.39, 0.29) is 5.97 Å². The van der Waals surface area contributed by atoms with Gasteiger partial charge in [0.15, 0.2) is 0 Å². The summed E-state index contributed by atoms with van der Waals surface area (Å²) in [6.07, 6.45) is 20.6. The highest BCUT2D eigenvalue weighted by Crippen LogP contribution is 2.13. The number of carbonyl (C=O) groups excluding carboxylic acids is 1. The van der Waals surface area contributed by atoms with Gasteiger partial charge in [-0.3, -0.25) is 0 Å². The standard InChI is InChI=1S/C25H39NO2/c1-3-5-6-7-8-9-10-11-12-15-22-26-24-20-18-23(19-21-24)16-13-14-17-25(27)28-4-2/h13-14,16-21,26H,3-12,15,22H2,1-2H3/b16-13+,17-14+. The maximum absolute atomic E-state index is 11.2. The molecule has 0 aromatic heterocycles. The molecule has 1 rings (SSSR count). The zero-order valence-corrected chi connectivity index (χ0v) is 17.9. The molecule has 3 nitrogen and oxygen atoms in total. The minimum Gasteiger partial charge on any atom is -0.463 e. The second kappa shape index (κ2) is 17.1. The van der Waals surface area contributed by atoms with Crippen molar-refractivity contribution in [3.8, 4) is 0 Å². The lowest BCUT2D eigenvalue weighted by molar-refractivity contribution is -0.137. The highest BCUT2D eigenvalue weighted by Gasteiger charge is 1.95. The number of carbonyl (C=O) groups is 1. The van der Waals surface area contributed by atoms with Crippen LogP contribution in [0.5, 0.6) is 0 Å². The van der Waals surface area contributed by atoms with Crippen molar-refractivity contribution in [2.24, 2.45) is 0 Å². The first-order valence-electron chi connectivity index (χ1n) is 11.1. The van der Waals surface area contributed by atoms with Crippen molar-refractivity contribution >= 4 is 17.7 Å². The van der Waals surface area contributed by atoms with Gasteiger partial charge in [0.2, 0.25) is 0 Å². The van der Waals surface area contributed by atoms with Crippen molar-refractivity contribution in [1.82, 2.24) is 0 Å². The van der Waals surface area contributed by atoms with Crippen LogP contribution in [0.1, 0.15) is 83.6 Å². The fourth-order valence-electron chi connectivity index (χ4n) is 3.05. The quantitative estimate of drug-likeness (QED) is 0.142. The van der Waals surface area contributed by atoms with Gasteiger partial charge in [-0.25, -0.2) is 4.79 Å². The first-order valence-corrected chi connectivity index (χ1v) is 11.1. The zero-order valence-electron chi connectivity index (χ0n) is 17.9. The molecule has 28 heavy (non-hydrogen) atoms. The highest BCUT2D eigenvalue weighted by molar-refractivity contribution is 5.82. The smallest absolute Gasteiger partial charge is 0.330 e. The summed E-state index contributed by atoms with van der Waals surface area (Å²) in [5.41, 5.74) is 2.27. The van der Waals surface area contributed by atoms with Gasteiger partial charge in [-0.2, -0.15) is 0 Å². The second-order valence-electron chi connectivity index (χ2n) is 7.20. The van der Waals surface area contributed by atoms with Crippen molar-refractivity contribution in [1.29, 1.82) is 0 Å². The summed E-state index contributed by atoms with van der Waals surface area (Å²) in [5.74, 6) is -0.307. The van der Waals surface area contributed by atoms with Crippen LogP contribution in [0.2, 0.25) is 0 Å². The normalized spacial score (nSPS) is 11.4. The Morgan fingerprint density at radius 2 is 1.46 bits per heavy atom. The summed E-state index contributed by atoms with van der Waals surface area (Å²) in [6, 6.07) is 8.36. The van der Waals surface area contributed by atoms with Gasteiger partial charge in [-0.1, -0.05) is 95.1 Å². The first kappa shape index (κ1) is 24.0. The Kier molecular flexibility index (Phi) is 14.7. The van der Waals surface area contributed by atoms with Gasteiger partial charge in [-0.05, 0) is 31.0 Å². The molecule has 0 spiro atoms. The predicted octanol–water partition coefficient (Wildman–Crippen LogP) is 7.15. The Balaban J connectivity index is 2.08. The molecule has 0 aliphatic heterocycles.